The third-order valence-corrected chi connectivity index (χ3v) is 5.21. The first-order chi connectivity index (χ1) is 11.8. The number of rotatable bonds is 7. The number of hydrogen-bond donors (Lipinski definition) is 3. The first kappa shape index (κ1) is 19.7. The molecular weight excluding hydrogens is 387 g/mol. The second-order valence-electron chi connectivity index (χ2n) is 5.31. The third kappa shape index (κ3) is 4.94. The summed E-state index contributed by atoms with van der Waals surface area (Å²) >= 11 is 10.6. The fraction of sp³-hybridized carbons (Fsp3) is 0.333. The fourth-order valence-corrected chi connectivity index (χ4v) is 3.32. The van der Waals surface area contributed by atoms with Crippen molar-refractivity contribution >= 4 is 57.1 Å². The van der Waals surface area contributed by atoms with Crippen molar-refractivity contribution in [3.63, 3.8) is 0 Å². The summed E-state index contributed by atoms with van der Waals surface area (Å²) in [6.07, 6.45) is 0.549. The highest BCUT2D eigenvalue weighted by Crippen LogP contribution is 2.32. The van der Waals surface area contributed by atoms with Crippen LogP contribution in [0.5, 0.6) is 0 Å². The molecule has 1 aromatic carbocycles. The number of halogens is 2. The van der Waals surface area contributed by atoms with Gasteiger partial charge in [0.1, 0.15) is 5.69 Å². The van der Waals surface area contributed by atoms with Crippen molar-refractivity contribution in [2.45, 2.75) is 13.3 Å². The van der Waals surface area contributed by atoms with E-state index in [0.29, 0.717) is 40.6 Å². The van der Waals surface area contributed by atoms with Gasteiger partial charge < -0.3 is 9.88 Å². The van der Waals surface area contributed by atoms with Gasteiger partial charge in [0.2, 0.25) is 5.91 Å². The van der Waals surface area contributed by atoms with Crippen molar-refractivity contribution in [2.24, 2.45) is 7.05 Å². The Morgan fingerprint density at radius 3 is 2.64 bits per heavy atom. The number of benzene rings is 1. The molecular formula is C15H18Cl2N4O3S. The van der Waals surface area contributed by atoms with Gasteiger partial charge in [-0.25, -0.2) is 8.93 Å². The maximum absolute atomic E-state index is 12.3. The van der Waals surface area contributed by atoms with Gasteiger partial charge in [0, 0.05) is 38.0 Å². The quantitative estimate of drug-likeness (QED) is 0.615. The minimum Gasteiger partial charge on any atom is -0.351 e. The van der Waals surface area contributed by atoms with Gasteiger partial charge in [0.05, 0.1) is 10.0 Å². The van der Waals surface area contributed by atoms with Crippen LogP contribution in [0, 0.1) is 0 Å². The molecule has 7 nitrogen and oxygen atoms in total. The molecule has 0 bridgehead atoms. The molecule has 2 rings (SSSR count). The van der Waals surface area contributed by atoms with E-state index in [1.165, 1.54) is 6.92 Å². The van der Waals surface area contributed by atoms with E-state index < -0.39 is 11.2 Å². The molecule has 3 N–H and O–H groups in total. The summed E-state index contributed by atoms with van der Waals surface area (Å²) < 4.78 is 17.9. The summed E-state index contributed by atoms with van der Waals surface area (Å²) in [5.74, 6) is -0.623. The van der Waals surface area contributed by atoms with E-state index in [0.717, 1.165) is 5.52 Å². The fourth-order valence-electron chi connectivity index (χ4n) is 2.28. The van der Waals surface area contributed by atoms with E-state index >= 15 is 0 Å². The maximum atomic E-state index is 12.3. The van der Waals surface area contributed by atoms with Crippen LogP contribution in [0.2, 0.25) is 10.0 Å². The maximum Gasteiger partial charge on any atom is 0.267 e. The van der Waals surface area contributed by atoms with Crippen LogP contribution in [0.25, 0.3) is 10.9 Å². The second kappa shape index (κ2) is 8.66. The molecule has 0 saturated carbocycles. The van der Waals surface area contributed by atoms with Crippen molar-refractivity contribution in [1.29, 1.82) is 0 Å². The van der Waals surface area contributed by atoms with Gasteiger partial charge in [-0.15, -0.1) is 0 Å². The topological polar surface area (TPSA) is 92.2 Å². The molecule has 0 saturated heterocycles. The second-order valence-corrected chi connectivity index (χ2v) is 7.13. The molecule has 0 aliphatic heterocycles. The molecule has 0 aliphatic rings. The number of aromatic nitrogens is 1. The third-order valence-electron chi connectivity index (χ3n) is 3.45. The zero-order chi connectivity index (χ0) is 18.6. The van der Waals surface area contributed by atoms with Crippen molar-refractivity contribution in [2.75, 3.05) is 13.1 Å². The first-order valence-corrected chi connectivity index (χ1v) is 9.36. The minimum atomic E-state index is -1.61. The van der Waals surface area contributed by atoms with Crippen molar-refractivity contribution < 1.29 is 13.8 Å². The van der Waals surface area contributed by atoms with Gasteiger partial charge in [-0.2, -0.15) is 0 Å². The monoisotopic (exact) mass is 404 g/mol. The highest BCUT2D eigenvalue weighted by molar-refractivity contribution is 7.81. The Kier molecular flexibility index (Phi) is 6.83. The van der Waals surface area contributed by atoms with Crippen molar-refractivity contribution in [3.05, 3.63) is 33.9 Å². The lowest BCUT2D eigenvalue weighted by Crippen LogP contribution is -2.35. The van der Waals surface area contributed by atoms with E-state index in [-0.39, 0.29) is 11.8 Å². The zero-order valence-electron chi connectivity index (χ0n) is 13.7. The summed E-state index contributed by atoms with van der Waals surface area (Å²) in [6.45, 7) is 2.05. The molecule has 1 atom stereocenters. The molecule has 25 heavy (non-hydrogen) atoms. The van der Waals surface area contributed by atoms with Crippen LogP contribution in [0.1, 0.15) is 23.8 Å². The lowest BCUT2D eigenvalue weighted by atomic mass is 10.2. The molecule has 1 aromatic heterocycles. The van der Waals surface area contributed by atoms with Crippen LogP contribution in [0.3, 0.4) is 0 Å². The average molecular weight is 405 g/mol. The Hall–Kier alpha value is -1.61. The van der Waals surface area contributed by atoms with Crippen LogP contribution in [0.15, 0.2) is 18.2 Å². The Morgan fingerprint density at radius 2 is 1.96 bits per heavy atom. The number of carbonyl (C=O) groups is 2. The summed E-state index contributed by atoms with van der Waals surface area (Å²) in [7, 11) is 1.78. The minimum absolute atomic E-state index is 0.242. The number of nitrogens with one attached hydrogen (secondary N) is 3. The molecule has 0 spiro atoms. The van der Waals surface area contributed by atoms with Crippen LogP contribution in [-0.2, 0) is 23.0 Å². The summed E-state index contributed by atoms with van der Waals surface area (Å²) in [4.78, 5) is 23.0. The van der Waals surface area contributed by atoms with Gasteiger partial charge in [-0.05, 0) is 24.6 Å². The number of amides is 2. The van der Waals surface area contributed by atoms with Gasteiger partial charge in [-0.1, -0.05) is 23.2 Å². The summed E-state index contributed by atoms with van der Waals surface area (Å²) in [6, 6.07) is 5.19. The number of carbonyl (C=O) groups excluding carboxylic acids is 2. The van der Waals surface area contributed by atoms with E-state index in [9.17, 15) is 13.8 Å². The van der Waals surface area contributed by atoms with Crippen molar-refractivity contribution in [1.82, 2.24) is 19.3 Å². The Bertz CT molecular complexity index is 838. The molecule has 2 aromatic rings. The van der Waals surface area contributed by atoms with E-state index in [1.807, 2.05) is 6.07 Å². The number of nitrogens with zero attached hydrogens (tertiary/aromatic N) is 1. The lowest BCUT2D eigenvalue weighted by Gasteiger charge is -2.07. The highest BCUT2D eigenvalue weighted by atomic mass is 35.5. The Labute approximate surface area is 157 Å². The average Bonchev–Trinajstić information content (AvgIpc) is 2.87. The SMILES string of the molecule is CC(=O)NS(=O)NCCCNC(=O)c1cc2c(Cl)c(Cl)ccc2n1C. The molecule has 0 radical (unpaired) electrons. The Morgan fingerprint density at radius 1 is 1.24 bits per heavy atom. The van der Waals surface area contributed by atoms with E-state index in [1.54, 1.807) is 23.7 Å². The number of aryl methyl sites for hydroxylation is 1. The molecule has 1 heterocycles. The first-order valence-electron chi connectivity index (χ1n) is 7.45. The van der Waals surface area contributed by atoms with Crippen molar-refractivity contribution in [3.8, 4) is 0 Å². The number of hydrogen-bond acceptors (Lipinski definition) is 3. The summed E-state index contributed by atoms with van der Waals surface area (Å²) in [5, 5.41) is 4.35. The highest BCUT2D eigenvalue weighted by Gasteiger charge is 2.15. The van der Waals surface area contributed by atoms with Crippen LogP contribution in [-0.4, -0.2) is 33.7 Å². The molecule has 0 aliphatic carbocycles. The Balaban J connectivity index is 1.90. The van der Waals surface area contributed by atoms with Crippen LogP contribution in [0.4, 0.5) is 0 Å². The van der Waals surface area contributed by atoms with E-state index in [2.05, 4.69) is 14.8 Å². The molecule has 1 unspecified atom stereocenters. The predicted octanol–water partition coefficient (Wildman–Crippen LogP) is 1.91. The summed E-state index contributed by atoms with van der Waals surface area (Å²) in [5.41, 5.74) is 1.28. The number of fused-ring (bicyclic) bond motifs is 1. The van der Waals surface area contributed by atoms with E-state index in [4.69, 9.17) is 23.2 Å². The van der Waals surface area contributed by atoms with Gasteiger partial charge in [0.15, 0.2) is 11.2 Å². The van der Waals surface area contributed by atoms with Gasteiger partial charge >= 0.3 is 0 Å². The molecule has 10 heteroatoms. The normalized spacial score (nSPS) is 12.2. The standard InChI is InChI=1S/C15H18Cl2N4O3S/c1-9(22)20-25(24)19-7-3-6-18-15(23)13-8-10-12(21(13)2)5-4-11(16)14(10)17/h4-5,8,19H,3,6-7H2,1-2H3,(H,18,23)(H,20,22). The van der Waals surface area contributed by atoms with Crippen LogP contribution < -0.4 is 14.8 Å². The molecule has 136 valence electrons. The van der Waals surface area contributed by atoms with Gasteiger partial charge in [0.25, 0.3) is 5.91 Å². The lowest BCUT2D eigenvalue weighted by molar-refractivity contribution is -0.117. The zero-order valence-corrected chi connectivity index (χ0v) is 16.0. The smallest absolute Gasteiger partial charge is 0.267 e. The van der Waals surface area contributed by atoms with Gasteiger partial charge in [-0.3, -0.25) is 14.3 Å². The molecule has 2 amide bonds. The molecule has 0 fully saturated rings. The van der Waals surface area contributed by atoms with Crippen LogP contribution >= 0.6 is 23.2 Å². The predicted molar refractivity (Wildman–Crippen MR) is 99.9 cm³/mol. The largest absolute Gasteiger partial charge is 0.351 e.